The summed E-state index contributed by atoms with van der Waals surface area (Å²) in [6.45, 7) is 1.87. The molecule has 0 saturated carbocycles. The van der Waals surface area contributed by atoms with Crippen LogP contribution in [0.15, 0.2) is 0 Å². The van der Waals surface area contributed by atoms with Gasteiger partial charge in [-0.3, -0.25) is 9.59 Å². The van der Waals surface area contributed by atoms with Crippen molar-refractivity contribution in [2.24, 2.45) is 0 Å². The molecular weight excluding hydrogens is 221 g/mol. The zero-order valence-corrected chi connectivity index (χ0v) is 12.8. The minimum atomic E-state index is -0.996. The molecule has 0 unspecified atom stereocenters. The van der Waals surface area contributed by atoms with Gasteiger partial charge >= 0.3 is 57.4 Å². The topological polar surface area (TPSA) is 66.4 Å². The molecule has 0 rings (SSSR count). The van der Waals surface area contributed by atoms with Crippen LogP contribution < -0.4 is 56.7 Å². The van der Waals surface area contributed by atoms with E-state index in [1.54, 1.807) is 0 Å². The summed E-state index contributed by atoms with van der Waals surface area (Å²) in [6.07, 6.45) is 5.89. The van der Waals surface area contributed by atoms with Crippen molar-refractivity contribution >= 4 is 11.9 Å². The Bertz CT molecular complexity index is 191. The minimum Gasteiger partial charge on any atom is -1.00 e. The fraction of sp³-hybridized carbons (Fsp3) is 0.800. The number of nitrogens with one attached hydrogen (secondary N) is 1. The van der Waals surface area contributed by atoms with Gasteiger partial charge in [-0.2, -0.15) is 0 Å². The number of carboxylic acid groups (broad SMARTS) is 1. The smallest absolute Gasteiger partial charge is 1.00 e. The second-order valence-electron chi connectivity index (χ2n) is 3.33. The van der Waals surface area contributed by atoms with Crippen LogP contribution in [0, 0.1) is 0 Å². The third kappa shape index (κ3) is 14.6. The van der Waals surface area contributed by atoms with Gasteiger partial charge in [-0.1, -0.05) is 32.6 Å². The number of hydrogen-bond donors (Lipinski definition) is 2. The SMILES string of the molecule is CCCCCCCC(=O)NCC(=O)O.[H-].[K+]. The van der Waals surface area contributed by atoms with Crippen molar-refractivity contribution in [2.75, 3.05) is 6.54 Å². The first-order valence-electron chi connectivity index (χ1n) is 5.15. The number of amides is 1. The molecule has 4 nitrogen and oxygen atoms in total. The standard InChI is InChI=1S/C10H19NO3.K.H/c1-2-3-4-5-6-7-9(12)11-8-10(13)14;;/h2-8H2,1H3,(H,11,12)(H,13,14);;/q;+1;-1. The molecule has 0 spiro atoms. The summed E-state index contributed by atoms with van der Waals surface area (Å²) in [5.41, 5.74) is 0. The van der Waals surface area contributed by atoms with Crippen LogP contribution in [-0.4, -0.2) is 23.5 Å². The van der Waals surface area contributed by atoms with E-state index in [0.29, 0.717) is 6.42 Å². The maximum Gasteiger partial charge on any atom is 1.00 e. The van der Waals surface area contributed by atoms with Gasteiger partial charge in [0.1, 0.15) is 6.54 Å². The van der Waals surface area contributed by atoms with E-state index >= 15 is 0 Å². The third-order valence-electron chi connectivity index (χ3n) is 1.94. The zero-order chi connectivity index (χ0) is 10.8. The Morgan fingerprint density at radius 3 is 2.33 bits per heavy atom. The molecule has 0 aliphatic heterocycles. The molecule has 0 saturated heterocycles. The van der Waals surface area contributed by atoms with E-state index in [1.807, 2.05) is 0 Å². The zero-order valence-electron chi connectivity index (χ0n) is 10.7. The van der Waals surface area contributed by atoms with Crippen molar-refractivity contribution < 1.29 is 67.5 Å². The van der Waals surface area contributed by atoms with Crippen LogP contribution >= 0.6 is 0 Å². The Morgan fingerprint density at radius 2 is 1.80 bits per heavy atom. The fourth-order valence-electron chi connectivity index (χ4n) is 1.15. The summed E-state index contributed by atoms with van der Waals surface area (Å²) in [5, 5.41) is 10.6. The van der Waals surface area contributed by atoms with E-state index in [2.05, 4.69) is 12.2 Å². The predicted molar refractivity (Wildman–Crippen MR) is 55.1 cm³/mol. The number of carboxylic acids is 1. The maximum atomic E-state index is 11.0. The van der Waals surface area contributed by atoms with Gasteiger partial charge in [-0.05, 0) is 6.42 Å². The summed E-state index contributed by atoms with van der Waals surface area (Å²) >= 11 is 0. The first kappa shape index (κ1) is 18.0. The van der Waals surface area contributed by atoms with Crippen molar-refractivity contribution in [3.8, 4) is 0 Å². The van der Waals surface area contributed by atoms with Gasteiger partial charge in [0.05, 0.1) is 0 Å². The van der Waals surface area contributed by atoms with Crippen LogP contribution in [0.4, 0.5) is 0 Å². The summed E-state index contributed by atoms with van der Waals surface area (Å²) < 4.78 is 0. The van der Waals surface area contributed by atoms with E-state index in [1.165, 1.54) is 12.8 Å². The van der Waals surface area contributed by atoms with Crippen molar-refractivity contribution in [1.29, 1.82) is 0 Å². The molecule has 0 heterocycles. The van der Waals surface area contributed by atoms with Crippen LogP contribution in [0.1, 0.15) is 46.9 Å². The molecule has 0 fully saturated rings. The fourth-order valence-corrected chi connectivity index (χ4v) is 1.15. The average molecular weight is 241 g/mol. The second-order valence-corrected chi connectivity index (χ2v) is 3.33. The van der Waals surface area contributed by atoms with Gasteiger partial charge in [-0.25, -0.2) is 0 Å². The van der Waals surface area contributed by atoms with E-state index in [4.69, 9.17) is 5.11 Å². The Labute approximate surface area is 135 Å². The predicted octanol–water partition coefficient (Wildman–Crippen LogP) is -1.34. The van der Waals surface area contributed by atoms with Crippen molar-refractivity contribution in [3.63, 3.8) is 0 Å². The van der Waals surface area contributed by atoms with Crippen LogP contribution in [0.2, 0.25) is 0 Å². The van der Waals surface area contributed by atoms with Gasteiger partial charge in [0.2, 0.25) is 5.91 Å². The third-order valence-corrected chi connectivity index (χ3v) is 1.94. The molecule has 0 aromatic heterocycles. The molecule has 0 radical (unpaired) electrons. The molecule has 0 aromatic carbocycles. The first-order chi connectivity index (χ1) is 6.66. The van der Waals surface area contributed by atoms with E-state index < -0.39 is 5.97 Å². The quantitative estimate of drug-likeness (QED) is 0.408. The van der Waals surface area contributed by atoms with E-state index in [9.17, 15) is 9.59 Å². The van der Waals surface area contributed by atoms with Gasteiger partial charge in [0.15, 0.2) is 0 Å². The number of aliphatic carboxylic acids is 1. The molecule has 0 atom stereocenters. The largest absolute Gasteiger partial charge is 1.00 e. The van der Waals surface area contributed by atoms with Gasteiger partial charge < -0.3 is 11.8 Å². The van der Waals surface area contributed by atoms with E-state index in [-0.39, 0.29) is 65.3 Å². The van der Waals surface area contributed by atoms with Crippen molar-refractivity contribution in [3.05, 3.63) is 0 Å². The molecule has 84 valence electrons. The minimum absolute atomic E-state index is 0. The molecule has 0 aliphatic carbocycles. The number of hydrogen-bond acceptors (Lipinski definition) is 2. The molecule has 0 aromatic rings. The summed E-state index contributed by atoms with van der Waals surface area (Å²) in [5.74, 6) is -1.16. The van der Waals surface area contributed by atoms with Crippen LogP contribution in [0.3, 0.4) is 0 Å². The molecule has 0 bridgehead atoms. The Hall–Kier alpha value is 0.576. The number of carbonyl (C=O) groups is 2. The molecule has 15 heavy (non-hydrogen) atoms. The summed E-state index contributed by atoms with van der Waals surface area (Å²) in [6, 6.07) is 0. The Balaban J connectivity index is -0.000000845. The Kier molecular flexibility index (Phi) is 15.1. The van der Waals surface area contributed by atoms with Crippen LogP contribution in [0.5, 0.6) is 0 Å². The summed E-state index contributed by atoms with van der Waals surface area (Å²) in [4.78, 5) is 21.1. The molecule has 1 amide bonds. The average Bonchev–Trinajstić information content (AvgIpc) is 2.14. The number of carbonyl (C=O) groups excluding carboxylic acids is 1. The first-order valence-corrected chi connectivity index (χ1v) is 5.15. The normalized spacial score (nSPS) is 9.13. The molecule has 2 N–H and O–H groups in total. The molecular formula is C10H20KNO3. The van der Waals surface area contributed by atoms with Gasteiger partial charge in [0, 0.05) is 6.42 Å². The van der Waals surface area contributed by atoms with Crippen molar-refractivity contribution in [2.45, 2.75) is 45.4 Å². The van der Waals surface area contributed by atoms with E-state index in [0.717, 1.165) is 19.3 Å². The van der Waals surface area contributed by atoms with Gasteiger partial charge in [-0.15, -0.1) is 0 Å². The number of unbranched alkanes of at least 4 members (excludes halogenated alkanes) is 4. The molecule has 5 heteroatoms. The molecule has 0 aliphatic rings. The maximum absolute atomic E-state index is 11.0. The monoisotopic (exact) mass is 241 g/mol. The van der Waals surface area contributed by atoms with Crippen molar-refractivity contribution in [1.82, 2.24) is 5.32 Å². The van der Waals surface area contributed by atoms with Gasteiger partial charge in [0.25, 0.3) is 0 Å². The van der Waals surface area contributed by atoms with Crippen LogP contribution in [0.25, 0.3) is 0 Å². The second kappa shape index (κ2) is 12.6. The number of rotatable bonds is 8. The summed E-state index contributed by atoms with van der Waals surface area (Å²) in [7, 11) is 0. The van der Waals surface area contributed by atoms with Crippen LogP contribution in [-0.2, 0) is 9.59 Å². The Morgan fingerprint density at radius 1 is 1.20 bits per heavy atom.